The van der Waals surface area contributed by atoms with Gasteiger partial charge in [-0.25, -0.2) is 0 Å². The third-order valence-corrected chi connectivity index (χ3v) is 1.85. The van der Waals surface area contributed by atoms with E-state index in [1.165, 1.54) is 0 Å². The van der Waals surface area contributed by atoms with E-state index >= 15 is 0 Å². The summed E-state index contributed by atoms with van der Waals surface area (Å²) in [6, 6.07) is -0.275. The van der Waals surface area contributed by atoms with E-state index in [0.29, 0.717) is 6.42 Å². The Hall–Kier alpha value is -0.450. The van der Waals surface area contributed by atoms with Gasteiger partial charge in [0.25, 0.3) is 0 Å². The fraction of sp³-hybridized carbons (Fsp3) is 0.833. The summed E-state index contributed by atoms with van der Waals surface area (Å²) in [7, 11) is 1.65. The van der Waals surface area contributed by atoms with Crippen LogP contribution in [0.15, 0.2) is 0 Å². The molecule has 4 nitrogen and oxygen atoms in total. The number of nitrogens with one attached hydrogen (secondary N) is 1. The van der Waals surface area contributed by atoms with Crippen LogP contribution >= 0.6 is 0 Å². The summed E-state index contributed by atoms with van der Waals surface area (Å²) in [6.07, 6.45) is -1.69. The summed E-state index contributed by atoms with van der Waals surface area (Å²) in [5, 5.41) is 20.7. The van der Waals surface area contributed by atoms with Gasteiger partial charge >= 0.3 is 0 Å². The van der Waals surface area contributed by atoms with Crippen molar-refractivity contribution in [3.05, 3.63) is 0 Å². The van der Waals surface area contributed by atoms with Gasteiger partial charge in [0.05, 0.1) is 0 Å². The smallest absolute Gasteiger partial charge is 0.191 e. The van der Waals surface area contributed by atoms with Gasteiger partial charge in [0.15, 0.2) is 5.78 Å². The van der Waals surface area contributed by atoms with Crippen molar-refractivity contribution in [2.75, 3.05) is 7.05 Å². The van der Waals surface area contributed by atoms with Gasteiger partial charge in [-0.3, -0.25) is 4.79 Å². The summed E-state index contributed by atoms with van der Waals surface area (Å²) in [4.78, 5) is 10.7. The van der Waals surface area contributed by atoms with Crippen molar-refractivity contribution in [2.24, 2.45) is 0 Å². The minimum absolute atomic E-state index is 0.275. The van der Waals surface area contributed by atoms with E-state index in [1.807, 2.05) is 0 Å². The molecule has 4 heteroatoms. The second kappa shape index (κ2) is 2.65. The zero-order chi connectivity index (χ0) is 7.72. The van der Waals surface area contributed by atoms with Crippen molar-refractivity contribution in [1.82, 2.24) is 5.32 Å². The molecule has 0 aromatic heterocycles. The van der Waals surface area contributed by atoms with Crippen LogP contribution in [0.2, 0.25) is 0 Å². The Morgan fingerprint density at radius 3 is 2.40 bits per heavy atom. The Morgan fingerprint density at radius 2 is 2.20 bits per heavy atom. The topological polar surface area (TPSA) is 69.6 Å². The summed E-state index contributed by atoms with van der Waals surface area (Å²) < 4.78 is 0. The van der Waals surface area contributed by atoms with Crippen molar-refractivity contribution in [1.29, 1.82) is 0 Å². The SMILES string of the molecule is CNC1CC(O)C(=O)C1O. The highest BCUT2D eigenvalue weighted by molar-refractivity contribution is 5.90. The number of Topliss-reactive ketones (excluding diaryl/α,β-unsaturated/α-hetero) is 1. The molecule has 0 aliphatic heterocycles. The highest BCUT2D eigenvalue weighted by Crippen LogP contribution is 2.15. The van der Waals surface area contributed by atoms with Gasteiger partial charge < -0.3 is 15.5 Å². The normalized spacial score (nSPS) is 40.7. The van der Waals surface area contributed by atoms with Crippen LogP contribution in [0.1, 0.15) is 6.42 Å². The van der Waals surface area contributed by atoms with Gasteiger partial charge in [-0.1, -0.05) is 0 Å². The minimum Gasteiger partial charge on any atom is -0.385 e. The van der Waals surface area contributed by atoms with Gasteiger partial charge in [0.1, 0.15) is 12.2 Å². The molecule has 1 fully saturated rings. The van der Waals surface area contributed by atoms with Crippen LogP contribution in [0.5, 0.6) is 0 Å². The zero-order valence-electron chi connectivity index (χ0n) is 5.74. The van der Waals surface area contributed by atoms with Crippen LogP contribution in [0.3, 0.4) is 0 Å². The lowest BCUT2D eigenvalue weighted by Crippen LogP contribution is -2.35. The Labute approximate surface area is 58.9 Å². The first-order chi connectivity index (χ1) is 4.66. The van der Waals surface area contributed by atoms with E-state index in [-0.39, 0.29) is 6.04 Å². The first kappa shape index (κ1) is 7.65. The molecular weight excluding hydrogens is 134 g/mol. The van der Waals surface area contributed by atoms with Gasteiger partial charge in [0.2, 0.25) is 0 Å². The van der Waals surface area contributed by atoms with E-state index in [4.69, 9.17) is 10.2 Å². The van der Waals surface area contributed by atoms with Crippen molar-refractivity contribution >= 4 is 5.78 Å². The van der Waals surface area contributed by atoms with E-state index in [0.717, 1.165) is 0 Å². The van der Waals surface area contributed by atoms with Gasteiger partial charge in [-0.2, -0.15) is 0 Å². The molecule has 0 heterocycles. The summed E-state index contributed by atoms with van der Waals surface area (Å²) in [6.45, 7) is 0. The maximum Gasteiger partial charge on any atom is 0.191 e. The van der Waals surface area contributed by atoms with Crippen LogP contribution in [0.4, 0.5) is 0 Å². The highest BCUT2D eigenvalue weighted by Gasteiger charge is 2.38. The molecular formula is C6H11NO3. The number of aliphatic hydroxyl groups excluding tert-OH is 2. The summed E-state index contributed by atoms with van der Waals surface area (Å²) >= 11 is 0. The minimum atomic E-state index is -1.03. The molecule has 3 N–H and O–H groups in total. The first-order valence-electron chi connectivity index (χ1n) is 3.24. The summed E-state index contributed by atoms with van der Waals surface area (Å²) in [5.41, 5.74) is 0. The lowest BCUT2D eigenvalue weighted by atomic mass is 10.2. The standard InChI is InChI=1S/C6H11NO3/c1-7-3-2-4(8)6(10)5(3)9/h3-5,7-9H,2H2,1H3. The molecule has 0 amide bonds. The predicted octanol–water partition coefficient (Wildman–Crippen LogP) is -1.73. The van der Waals surface area contributed by atoms with E-state index < -0.39 is 18.0 Å². The second-order valence-corrected chi connectivity index (χ2v) is 2.49. The molecule has 1 aliphatic carbocycles. The van der Waals surface area contributed by atoms with Crippen LogP contribution < -0.4 is 5.32 Å². The molecule has 58 valence electrons. The Balaban J connectivity index is 2.61. The first-order valence-corrected chi connectivity index (χ1v) is 3.24. The molecule has 10 heavy (non-hydrogen) atoms. The second-order valence-electron chi connectivity index (χ2n) is 2.49. The fourth-order valence-corrected chi connectivity index (χ4v) is 1.16. The van der Waals surface area contributed by atoms with Gasteiger partial charge in [-0.05, 0) is 13.5 Å². The van der Waals surface area contributed by atoms with Gasteiger partial charge in [-0.15, -0.1) is 0 Å². The number of hydrogen-bond donors (Lipinski definition) is 3. The molecule has 1 rings (SSSR count). The van der Waals surface area contributed by atoms with E-state index in [1.54, 1.807) is 7.05 Å². The predicted molar refractivity (Wildman–Crippen MR) is 34.5 cm³/mol. The average Bonchev–Trinajstić information content (AvgIpc) is 2.17. The number of ketones is 1. The van der Waals surface area contributed by atoms with Crippen molar-refractivity contribution in [3.8, 4) is 0 Å². The maximum atomic E-state index is 10.7. The number of likely N-dealkylation sites (N-methyl/N-ethyl adjacent to an activating group) is 1. The molecule has 0 radical (unpaired) electrons. The molecule has 1 saturated carbocycles. The quantitative estimate of drug-likeness (QED) is 0.410. The molecule has 1 aliphatic rings. The van der Waals surface area contributed by atoms with Crippen LogP contribution in [0, 0.1) is 0 Å². The lowest BCUT2D eigenvalue weighted by molar-refractivity contribution is -0.131. The fourth-order valence-electron chi connectivity index (χ4n) is 1.16. The largest absolute Gasteiger partial charge is 0.385 e. The molecule has 3 atom stereocenters. The average molecular weight is 145 g/mol. The number of hydrogen-bond acceptors (Lipinski definition) is 4. The van der Waals surface area contributed by atoms with Crippen LogP contribution in [0.25, 0.3) is 0 Å². The Morgan fingerprint density at radius 1 is 1.60 bits per heavy atom. The monoisotopic (exact) mass is 145 g/mol. The molecule has 3 unspecified atom stereocenters. The summed E-state index contributed by atoms with van der Waals surface area (Å²) in [5.74, 6) is -0.473. The van der Waals surface area contributed by atoms with Crippen molar-refractivity contribution in [2.45, 2.75) is 24.7 Å². The van der Waals surface area contributed by atoms with Crippen molar-refractivity contribution in [3.63, 3.8) is 0 Å². The maximum absolute atomic E-state index is 10.7. The third kappa shape index (κ3) is 1.05. The zero-order valence-corrected chi connectivity index (χ0v) is 5.74. The third-order valence-electron chi connectivity index (χ3n) is 1.85. The van der Waals surface area contributed by atoms with E-state index in [9.17, 15) is 4.79 Å². The van der Waals surface area contributed by atoms with Crippen LogP contribution in [-0.2, 0) is 4.79 Å². The highest BCUT2D eigenvalue weighted by atomic mass is 16.3. The number of carbonyl (C=O) groups excluding carboxylic acids is 1. The van der Waals surface area contributed by atoms with Gasteiger partial charge in [0, 0.05) is 6.04 Å². The Kier molecular flexibility index (Phi) is 2.03. The molecule has 0 aromatic carbocycles. The number of aliphatic hydroxyl groups is 2. The molecule has 0 bridgehead atoms. The number of carbonyl (C=O) groups is 1. The van der Waals surface area contributed by atoms with Crippen molar-refractivity contribution < 1.29 is 15.0 Å². The van der Waals surface area contributed by atoms with Crippen LogP contribution in [-0.4, -0.2) is 41.3 Å². The number of rotatable bonds is 1. The Bertz CT molecular complexity index is 148. The molecule has 0 aromatic rings. The lowest BCUT2D eigenvalue weighted by Gasteiger charge is -2.09. The van der Waals surface area contributed by atoms with E-state index in [2.05, 4.69) is 5.32 Å². The molecule has 0 spiro atoms. The molecule has 0 saturated heterocycles.